The Morgan fingerprint density at radius 1 is 1.64 bits per heavy atom. The van der Waals surface area contributed by atoms with Crippen LogP contribution in [0.25, 0.3) is 0 Å². The third-order valence-electron chi connectivity index (χ3n) is 1.76. The van der Waals surface area contributed by atoms with Crippen LogP contribution in [0.1, 0.15) is 26.2 Å². The number of esters is 1. The number of hydrogen-bond acceptors (Lipinski definition) is 2. The van der Waals surface area contributed by atoms with Crippen LogP contribution in [0.15, 0.2) is 0 Å². The van der Waals surface area contributed by atoms with Crippen molar-refractivity contribution in [2.45, 2.75) is 38.2 Å². The van der Waals surface area contributed by atoms with Gasteiger partial charge in [-0.05, 0) is 12.8 Å². The molecule has 0 aromatic carbocycles. The lowest BCUT2D eigenvalue weighted by molar-refractivity contribution is -0.164. The van der Waals surface area contributed by atoms with Crippen molar-refractivity contribution in [1.29, 1.82) is 0 Å². The van der Waals surface area contributed by atoms with Gasteiger partial charge in [0.2, 0.25) is 0 Å². The average molecular weight is 164 g/mol. The normalized spacial score (nSPS) is 28.5. The Balaban J connectivity index is 2.51. The number of halogens is 2. The molecule has 0 heterocycles. The molecule has 0 saturated heterocycles. The van der Waals surface area contributed by atoms with E-state index in [9.17, 15) is 13.6 Å². The van der Waals surface area contributed by atoms with E-state index in [2.05, 4.69) is 4.74 Å². The van der Waals surface area contributed by atoms with Crippen molar-refractivity contribution in [2.75, 3.05) is 0 Å². The van der Waals surface area contributed by atoms with E-state index in [-0.39, 0.29) is 12.8 Å². The first kappa shape index (κ1) is 8.43. The Labute approximate surface area is 63.5 Å². The minimum atomic E-state index is -2.80. The lowest BCUT2D eigenvalue weighted by Crippen LogP contribution is -2.31. The topological polar surface area (TPSA) is 26.3 Å². The Morgan fingerprint density at radius 2 is 2.27 bits per heavy atom. The summed E-state index contributed by atoms with van der Waals surface area (Å²) in [5.41, 5.74) is 0. The molecular weight excluding hydrogens is 154 g/mol. The molecule has 0 bridgehead atoms. The van der Waals surface area contributed by atoms with E-state index in [0.29, 0.717) is 6.42 Å². The molecule has 1 aliphatic rings. The Morgan fingerprint density at radius 3 is 2.64 bits per heavy atom. The summed E-state index contributed by atoms with van der Waals surface area (Å²) in [5.74, 6) is -3.43. The van der Waals surface area contributed by atoms with E-state index < -0.39 is 18.0 Å². The van der Waals surface area contributed by atoms with E-state index in [1.807, 2.05) is 0 Å². The Kier molecular flexibility index (Phi) is 2.11. The molecule has 1 saturated carbocycles. The lowest BCUT2D eigenvalue weighted by Gasteiger charge is -2.17. The maximum absolute atomic E-state index is 12.7. The molecule has 0 aromatic rings. The summed E-state index contributed by atoms with van der Waals surface area (Å²) in [7, 11) is 0. The largest absolute Gasteiger partial charge is 0.456 e. The van der Waals surface area contributed by atoms with E-state index in [0.717, 1.165) is 6.92 Å². The average Bonchev–Trinajstić information content (AvgIpc) is 2.10. The van der Waals surface area contributed by atoms with Crippen molar-refractivity contribution in [3.8, 4) is 0 Å². The minimum Gasteiger partial charge on any atom is -0.456 e. The van der Waals surface area contributed by atoms with Crippen LogP contribution in [0.4, 0.5) is 8.78 Å². The summed E-state index contributed by atoms with van der Waals surface area (Å²) in [6.45, 7) is 1.15. The van der Waals surface area contributed by atoms with Gasteiger partial charge in [-0.2, -0.15) is 0 Å². The fourth-order valence-corrected chi connectivity index (χ4v) is 1.24. The molecular formula is C7H10F2O2. The zero-order valence-corrected chi connectivity index (χ0v) is 6.27. The molecule has 0 aliphatic heterocycles. The van der Waals surface area contributed by atoms with Gasteiger partial charge in [0.15, 0.2) is 6.10 Å². The van der Waals surface area contributed by atoms with E-state index in [4.69, 9.17) is 0 Å². The van der Waals surface area contributed by atoms with Gasteiger partial charge < -0.3 is 4.74 Å². The molecule has 11 heavy (non-hydrogen) atoms. The molecule has 0 aromatic heterocycles. The third kappa shape index (κ3) is 1.88. The Hall–Kier alpha value is -0.670. The molecule has 0 N–H and O–H groups in total. The quantitative estimate of drug-likeness (QED) is 0.552. The molecule has 0 spiro atoms. The number of rotatable bonds is 1. The molecule has 1 aliphatic carbocycles. The molecule has 0 radical (unpaired) electrons. The highest BCUT2D eigenvalue weighted by Crippen LogP contribution is 2.36. The van der Waals surface area contributed by atoms with Gasteiger partial charge in [-0.1, -0.05) is 0 Å². The van der Waals surface area contributed by atoms with Gasteiger partial charge >= 0.3 is 5.97 Å². The number of carbonyl (C=O) groups is 1. The molecule has 64 valence electrons. The fourth-order valence-electron chi connectivity index (χ4n) is 1.24. The molecule has 1 fully saturated rings. The predicted octanol–water partition coefficient (Wildman–Crippen LogP) is 1.74. The summed E-state index contributed by atoms with van der Waals surface area (Å²) in [6.07, 6.45) is -0.623. The second-order valence-electron chi connectivity index (χ2n) is 2.75. The van der Waals surface area contributed by atoms with Crippen molar-refractivity contribution >= 4 is 5.97 Å². The van der Waals surface area contributed by atoms with E-state index in [1.165, 1.54) is 0 Å². The van der Waals surface area contributed by atoms with Gasteiger partial charge in [-0.15, -0.1) is 0 Å². The fraction of sp³-hybridized carbons (Fsp3) is 0.857. The van der Waals surface area contributed by atoms with Crippen LogP contribution in [0.3, 0.4) is 0 Å². The van der Waals surface area contributed by atoms with E-state index >= 15 is 0 Å². The highest BCUT2D eigenvalue weighted by molar-refractivity contribution is 5.66. The van der Waals surface area contributed by atoms with Crippen LogP contribution in [-0.2, 0) is 9.53 Å². The molecule has 0 amide bonds. The van der Waals surface area contributed by atoms with Crippen molar-refractivity contribution < 1.29 is 18.3 Å². The zero-order chi connectivity index (χ0) is 8.48. The van der Waals surface area contributed by atoms with Crippen LogP contribution >= 0.6 is 0 Å². The smallest absolute Gasteiger partial charge is 0.303 e. The predicted molar refractivity (Wildman–Crippen MR) is 34.4 cm³/mol. The first-order chi connectivity index (χ1) is 5.02. The van der Waals surface area contributed by atoms with Gasteiger partial charge in [0.25, 0.3) is 5.92 Å². The second-order valence-corrected chi connectivity index (χ2v) is 2.75. The van der Waals surface area contributed by atoms with Crippen LogP contribution in [0.5, 0.6) is 0 Å². The van der Waals surface area contributed by atoms with E-state index in [1.54, 1.807) is 0 Å². The molecule has 1 atom stereocenters. The van der Waals surface area contributed by atoms with Crippen LogP contribution < -0.4 is 0 Å². The maximum atomic E-state index is 12.7. The number of alkyl halides is 2. The van der Waals surface area contributed by atoms with Crippen LogP contribution in [0.2, 0.25) is 0 Å². The molecule has 4 heteroatoms. The standard InChI is InChI=1S/C7H10F2O2/c1-5(10)11-6-3-2-4-7(6,8)9/h6H,2-4H2,1H3. The summed E-state index contributed by atoms with van der Waals surface area (Å²) in [5, 5.41) is 0. The van der Waals surface area contributed by atoms with Crippen molar-refractivity contribution in [3.05, 3.63) is 0 Å². The number of ether oxygens (including phenoxy) is 1. The van der Waals surface area contributed by atoms with Crippen molar-refractivity contribution in [2.24, 2.45) is 0 Å². The van der Waals surface area contributed by atoms with Crippen LogP contribution in [0, 0.1) is 0 Å². The molecule has 2 nitrogen and oxygen atoms in total. The maximum Gasteiger partial charge on any atom is 0.303 e. The van der Waals surface area contributed by atoms with Gasteiger partial charge in [0.1, 0.15) is 0 Å². The first-order valence-electron chi connectivity index (χ1n) is 3.57. The minimum absolute atomic E-state index is 0.162. The Bertz CT molecular complexity index is 168. The van der Waals surface area contributed by atoms with Crippen molar-refractivity contribution in [1.82, 2.24) is 0 Å². The van der Waals surface area contributed by atoms with Gasteiger partial charge in [0, 0.05) is 13.3 Å². The number of carbonyl (C=O) groups excluding carboxylic acids is 1. The summed E-state index contributed by atoms with van der Waals surface area (Å²) >= 11 is 0. The molecule has 1 rings (SSSR count). The van der Waals surface area contributed by atoms with Gasteiger partial charge in [-0.25, -0.2) is 8.78 Å². The highest BCUT2D eigenvalue weighted by Gasteiger charge is 2.46. The SMILES string of the molecule is CC(=O)OC1CCCC1(F)F. The summed E-state index contributed by atoms with van der Waals surface area (Å²) in [6, 6.07) is 0. The van der Waals surface area contributed by atoms with Gasteiger partial charge in [-0.3, -0.25) is 4.79 Å². The highest BCUT2D eigenvalue weighted by atomic mass is 19.3. The molecule has 1 unspecified atom stereocenters. The summed E-state index contributed by atoms with van der Waals surface area (Å²) in [4.78, 5) is 10.3. The lowest BCUT2D eigenvalue weighted by atomic mass is 10.2. The second kappa shape index (κ2) is 2.75. The third-order valence-corrected chi connectivity index (χ3v) is 1.76. The van der Waals surface area contributed by atoms with Crippen molar-refractivity contribution in [3.63, 3.8) is 0 Å². The van der Waals surface area contributed by atoms with Gasteiger partial charge in [0.05, 0.1) is 0 Å². The monoisotopic (exact) mass is 164 g/mol. The first-order valence-corrected chi connectivity index (χ1v) is 3.57. The van der Waals surface area contributed by atoms with Crippen LogP contribution in [-0.4, -0.2) is 18.0 Å². The number of hydrogen-bond donors (Lipinski definition) is 0. The summed E-state index contributed by atoms with van der Waals surface area (Å²) < 4.78 is 29.8. The zero-order valence-electron chi connectivity index (χ0n) is 6.27.